The second-order valence-electron chi connectivity index (χ2n) is 6.28. The summed E-state index contributed by atoms with van der Waals surface area (Å²) < 4.78 is 4.81. The van der Waals surface area contributed by atoms with Crippen LogP contribution in [0, 0.1) is 12.8 Å². The number of carbonyl (C=O) groups excluding carboxylic acids is 2. The molecule has 1 aliphatic rings. The zero-order valence-corrected chi connectivity index (χ0v) is 18.4. The van der Waals surface area contributed by atoms with Crippen molar-refractivity contribution >= 4 is 47.6 Å². The molecule has 1 aliphatic heterocycles. The van der Waals surface area contributed by atoms with Gasteiger partial charge >= 0.3 is 5.97 Å². The number of pyridine rings is 1. The van der Waals surface area contributed by atoms with Crippen molar-refractivity contribution in [3.05, 3.63) is 23.9 Å². The lowest BCUT2D eigenvalue weighted by molar-refractivity contribution is -0.146. The van der Waals surface area contributed by atoms with Crippen molar-refractivity contribution in [1.29, 1.82) is 0 Å². The van der Waals surface area contributed by atoms with E-state index in [9.17, 15) is 9.59 Å². The van der Waals surface area contributed by atoms with Crippen molar-refractivity contribution in [3.8, 4) is 0 Å². The first-order valence-corrected chi connectivity index (χ1v) is 8.79. The fraction of sp³-hybridized carbons (Fsp3) is 0.556. The third-order valence-corrected chi connectivity index (χ3v) is 4.35. The second kappa shape index (κ2) is 11.7. The molecule has 2 heterocycles. The number of aromatic nitrogens is 1. The predicted octanol–water partition coefficient (Wildman–Crippen LogP) is 1.80. The van der Waals surface area contributed by atoms with Gasteiger partial charge in [-0.1, -0.05) is 6.07 Å². The molecule has 1 amide bonds. The van der Waals surface area contributed by atoms with E-state index in [0.717, 1.165) is 37.5 Å². The van der Waals surface area contributed by atoms with Crippen LogP contribution in [0.1, 0.15) is 24.8 Å². The number of aliphatic imine (C=N–C) groups is 1. The Hall–Kier alpha value is -1.91. The molecule has 150 valence electrons. The summed E-state index contributed by atoms with van der Waals surface area (Å²) in [4.78, 5) is 34.1. The van der Waals surface area contributed by atoms with E-state index in [1.165, 1.54) is 7.11 Å². The number of halogens is 1. The number of nitrogens with one attached hydrogen (secondary N) is 2. The number of esters is 1. The van der Waals surface area contributed by atoms with Gasteiger partial charge in [0.05, 0.1) is 13.0 Å². The Kier molecular flexibility index (Phi) is 10.0. The first kappa shape index (κ1) is 23.1. The maximum absolute atomic E-state index is 12.0. The number of hydrogen-bond acceptors (Lipinski definition) is 5. The summed E-state index contributed by atoms with van der Waals surface area (Å²) >= 11 is 0. The summed E-state index contributed by atoms with van der Waals surface area (Å²) in [7, 11) is 3.14. The van der Waals surface area contributed by atoms with Gasteiger partial charge in [-0.05, 0) is 31.4 Å². The number of guanidine groups is 1. The quantitative estimate of drug-likeness (QED) is 0.284. The van der Waals surface area contributed by atoms with Crippen molar-refractivity contribution < 1.29 is 14.3 Å². The number of likely N-dealkylation sites (tertiary alicyclic amines) is 1. The molecule has 8 nitrogen and oxygen atoms in total. The lowest BCUT2D eigenvalue weighted by atomic mass is 9.97. The van der Waals surface area contributed by atoms with Crippen molar-refractivity contribution in [2.75, 3.05) is 39.1 Å². The van der Waals surface area contributed by atoms with Crippen LogP contribution >= 0.6 is 24.0 Å². The molecule has 0 saturated carbocycles. The summed E-state index contributed by atoms with van der Waals surface area (Å²) in [5.74, 6) is 1.01. The number of rotatable bonds is 5. The minimum Gasteiger partial charge on any atom is -0.469 e. The highest BCUT2D eigenvalue weighted by Gasteiger charge is 2.26. The Bertz CT molecular complexity index is 643. The van der Waals surface area contributed by atoms with Crippen molar-refractivity contribution in [1.82, 2.24) is 15.2 Å². The van der Waals surface area contributed by atoms with Gasteiger partial charge in [0.2, 0.25) is 5.91 Å². The third kappa shape index (κ3) is 7.31. The number of aryl methyl sites for hydroxylation is 1. The van der Waals surface area contributed by atoms with Gasteiger partial charge in [0.1, 0.15) is 5.82 Å². The summed E-state index contributed by atoms with van der Waals surface area (Å²) in [6.45, 7) is 3.89. The Morgan fingerprint density at radius 3 is 2.59 bits per heavy atom. The topological polar surface area (TPSA) is 95.9 Å². The van der Waals surface area contributed by atoms with E-state index in [0.29, 0.717) is 18.8 Å². The number of nitrogens with zero attached hydrogens (tertiary/aromatic N) is 3. The number of ether oxygens (including phenoxy) is 1. The lowest BCUT2D eigenvalue weighted by Crippen LogP contribution is -2.47. The minimum atomic E-state index is -0.144. The standard InChI is InChI=1S/C18H27N5O3.HI/c1-13-4-5-15(21-12-13)22-16(24)6-9-20-18(19-2)23-10-7-14(8-11-23)17(25)26-3;/h4-5,12,14H,6-11H2,1-3H3,(H,19,20)(H,21,22,24);1H. The van der Waals surface area contributed by atoms with E-state index in [1.54, 1.807) is 19.3 Å². The van der Waals surface area contributed by atoms with E-state index in [-0.39, 0.29) is 41.8 Å². The molecule has 9 heteroatoms. The Balaban J connectivity index is 0.00000364. The lowest BCUT2D eigenvalue weighted by Gasteiger charge is -2.33. The number of hydrogen-bond donors (Lipinski definition) is 2. The third-order valence-electron chi connectivity index (χ3n) is 4.35. The summed E-state index contributed by atoms with van der Waals surface area (Å²) in [5, 5.41) is 5.97. The van der Waals surface area contributed by atoms with Gasteiger partial charge in [-0.3, -0.25) is 14.6 Å². The molecule has 1 fully saturated rings. The average Bonchev–Trinajstić information content (AvgIpc) is 2.66. The van der Waals surface area contributed by atoms with Crippen LogP contribution in [-0.4, -0.2) is 61.5 Å². The molecule has 1 saturated heterocycles. The molecule has 27 heavy (non-hydrogen) atoms. The van der Waals surface area contributed by atoms with Crippen molar-refractivity contribution in [3.63, 3.8) is 0 Å². The first-order chi connectivity index (χ1) is 12.5. The van der Waals surface area contributed by atoms with Crippen molar-refractivity contribution in [2.24, 2.45) is 10.9 Å². The number of anilines is 1. The zero-order chi connectivity index (χ0) is 18.9. The van der Waals surface area contributed by atoms with E-state index in [2.05, 4.69) is 25.5 Å². The smallest absolute Gasteiger partial charge is 0.308 e. The molecule has 1 aromatic heterocycles. The highest BCUT2D eigenvalue weighted by Crippen LogP contribution is 2.18. The van der Waals surface area contributed by atoms with Gasteiger partial charge in [0.15, 0.2) is 5.96 Å². The second-order valence-corrected chi connectivity index (χ2v) is 6.28. The van der Waals surface area contributed by atoms with Crippen LogP contribution in [0.25, 0.3) is 0 Å². The van der Waals surface area contributed by atoms with Gasteiger partial charge in [-0.15, -0.1) is 24.0 Å². The van der Waals surface area contributed by atoms with Gasteiger partial charge in [-0.2, -0.15) is 0 Å². The van der Waals surface area contributed by atoms with Gasteiger partial charge < -0.3 is 20.3 Å². The molecule has 0 aromatic carbocycles. The highest BCUT2D eigenvalue weighted by atomic mass is 127. The predicted molar refractivity (Wildman–Crippen MR) is 115 cm³/mol. The minimum absolute atomic E-state index is 0. The van der Waals surface area contributed by atoms with Crippen LogP contribution in [0.3, 0.4) is 0 Å². The summed E-state index contributed by atoms with van der Waals surface area (Å²) in [5.41, 5.74) is 1.05. The van der Waals surface area contributed by atoms with E-state index in [4.69, 9.17) is 4.74 Å². The fourth-order valence-electron chi connectivity index (χ4n) is 2.86. The molecule has 0 spiro atoms. The SMILES string of the molecule is CN=C(NCCC(=O)Nc1ccc(C)cn1)N1CCC(C(=O)OC)CC1.I. The van der Waals surface area contributed by atoms with Crippen LogP contribution in [-0.2, 0) is 14.3 Å². The normalized spacial score (nSPS) is 14.9. The van der Waals surface area contributed by atoms with Gasteiger partial charge in [0.25, 0.3) is 0 Å². The molecule has 0 aliphatic carbocycles. The van der Waals surface area contributed by atoms with Crippen LogP contribution in [0.2, 0.25) is 0 Å². The molecule has 0 bridgehead atoms. The molecular weight excluding hydrogens is 461 g/mol. The monoisotopic (exact) mass is 489 g/mol. The highest BCUT2D eigenvalue weighted by molar-refractivity contribution is 14.0. The molecule has 1 aromatic rings. The van der Waals surface area contributed by atoms with E-state index < -0.39 is 0 Å². The molecule has 2 N–H and O–H groups in total. The average molecular weight is 489 g/mol. The van der Waals surface area contributed by atoms with Crippen LogP contribution in [0.4, 0.5) is 5.82 Å². The molecule has 2 rings (SSSR count). The van der Waals surface area contributed by atoms with Crippen LogP contribution < -0.4 is 10.6 Å². The number of carbonyl (C=O) groups is 2. The van der Waals surface area contributed by atoms with Gasteiger partial charge in [0, 0.05) is 39.3 Å². The van der Waals surface area contributed by atoms with Crippen LogP contribution in [0.15, 0.2) is 23.3 Å². The Morgan fingerprint density at radius 1 is 1.33 bits per heavy atom. The number of amides is 1. The number of piperidine rings is 1. The Morgan fingerprint density at radius 2 is 2.04 bits per heavy atom. The maximum Gasteiger partial charge on any atom is 0.308 e. The summed E-state index contributed by atoms with van der Waals surface area (Å²) in [6, 6.07) is 3.69. The maximum atomic E-state index is 12.0. The molecule has 0 unspecified atom stereocenters. The van der Waals surface area contributed by atoms with Crippen molar-refractivity contribution in [2.45, 2.75) is 26.2 Å². The number of methoxy groups -OCH3 is 1. The molecule has 0 atom stereocenters. The molecule has 0 radical (unpaired) electrons. The largest absolute Gasteiger partial charge is 0.469 e. The van der Waals surface area contributed by atoms with E-state index >= 15 is 0 Å². The Labute approximate surface area is 177 Å². The fourth-order valence-corrected chi connectivity index (χ4v) is 2.86. The van der Waals surface area contributed by atoms with Crippen LogP contribution in [0.5, 0.6) is 0 Å². The summed E-state index contributed by atoms with van der Waals surface area (Å²) in [6.07, 6.45) is 3.51. The first-order valence-electron chi connectivity index (χ1n) is 8.79. The molecular formula is C18H28IN5O3. The zero-order valence-electron chi connectivity index (χ0n) is 16.0. The van der Waals surface area contributed by atoms with E-state index in [1.807, 2.05) is 13.0 Å². The van der Waals surface area contributed by atoms with Gasteiger partial charge in [-0.25, -0.2) is 4.98 Å².